The van der Waals surface area contributed by atoms with Crippen molar-refractivity contribution in [2.24, 2.45) is 0 Å². The summed E-state index contributed by atoms with van der Waals surface area (Å²) < 4.78 is 15.3. The summed E-state index contributed by atoms with van der Waals surface area (Å²) in [7, 11) is 1.37. The number of nitro groups is 1. The largest absolute Gasteiger partial charge is 0.495 e. The van der Waals surface area contributed by atoms with E-state index in [0.717, 1.165) is 6.42 Å². The number of amides is 1. The lowest BCUT2D eigenvalue weighted by Gasteiger charge is -2.16. The number of anilines is 1. The predicted molar refractivity (Wildman–Crippen MR) is 82.8 cm³/mol. The first kappa shape index (κ1) is 17.7. The standard InChI is InChI=1S/C15H18N2O7/c1-9(24-15(19)13-4-3-7-23-13)14(18)16-11-8-10(17(20)21)5-6-12(11)22-2/h5-6,8-9,13H,3-4,7H2,1-2H3,(H,16,18)/t9-,13-/m0/s1. The number of nitro benzene ring substituents is 1. The monoisotopic (exact) mass is 338 g/mol. The van der Waals surface area contributed by atoms with Crippen molar-refractivity contribution in [2.75, 3.05) is 19.0 Å². The molecule has 1 aliphatic rings. The molecule has 0 radical (unpaired) electrons. The molecule has 0 saturated carbocycles. The Morgan fingerprint density at radius 3 is 2.79 bits per heavy atom. The maximum atomic E-state index is 12.2. The van der Waals surface area contributed by atoms with Gasteiger partial charge >= 0.3 is 5.97 Å². The number of esters is 1. The molecule has 130 valence electrons. The van der Waals surface area contributed by atoms with Gasteiger partial charge < -0.3 is 19.5 Å². The molecule has 0 spiro atoms. The zero-order valence-electron chi connectivity index (χ0n) is 13.3. The Bertz CT molecular complexity index is 641. The molecule has 9 heteroatoms. The molecule has 2 atom stereocenters. The number of nitrogens with zero attached hydrogens (tertiary/aromatic N) is 1. The van der Waals surface area contributed by atoms with Crippen molar-refractivity contribution in [1.29, 1.82) is 0 Å². The summed E-state index contributed by atoms with van der Waals surface area (Å²) in [6.45, 7) is 1.90. The lowest BCUT2D eigenvalue weighted by molar-refractivity contribution is -0.384. The number of ether oxygens (including phenoxy) is 3. The Kier molecular flexibility index (Phi) is 5.69. The fourth-order valence-electron chi connectivity index (χ4n) is 2.21. The summed E-state index contributed by atoms with van der Waals surface area (Å²) in [4.78, 5) is 34.2. The highest BCUT2D eigenvalue weighted by Crippen LogP contribution is 2.29. The van der Waals surface area contributed by atoms with Crippen LogP contribution in [0.1, 0.15) is 19.8 Å². The third kappa shape index (κ3) is 4.19. The van der Waals surface area contributed by atoms with Crippen LogP contribution in [0.5, 0.6) is 5.75 Å². The van der Waals surface area contributed by atoms with Crippen molar-refractivity contribution in [3.8, 4) is 5.75 Å². The van der Waals surface area contributed by atoms with Gasteiger partial charge in [-0.15, -0.1) is 0 Å². The highest BCUT2D eigenvalue weighted by atomic mass is 16.6. The topological polar surface area (TPSA) is 117 Å². The van der Waals surface area contributed by atoms with Gasteiger partial charge in [0.1, 0.15) is 5.75 Å². The van der Waals surface area contributed by atoms with Gasteiger partial charge in [-0.1, -0.05) is 0 Å². The predicted octanol–water partition coefficient (Wildman–Crippen LogP) is 1.65. The van der Waals surface area contributed by atoms with Crippen LogP contribution in [-0.2, 0) is 19.1 Å². The Hall–Kier alpha value is -2.68. The number of non-ortho nitro benzene ring substituents is 1. The molecule has 1 aromatic rings. The second-order valence-corrected chi connectivity index (χ2v) is 5.21. The molecule has 1 saturated heterocycles. The summed E-state index contributed by atoms with van der Waals surface area (Å²) in [6, 6.07) is 3.80. The van der Waals surface area contributed by atoms with E-state index in [1.54, 1.807) is 0 Å². The first-order valence-corrected chi connectivity index (χ1v) is 7.37. The van der Waals surface area contributed by atoms with Crippen molar-refractivity contribution in [3.63, 3.8) is 0 Å². The third-order valence-electron chi connectivity index (χ3n) is 3.51. The van der Waals surface area contributed by atoms with Crippen LogP contribution in [-0.4, -0.2) is 42.7 Å². The molecule has 24 heavy (non-hydrogen) atoms. The zero-order valence-corrected chi connectivity index (χ0v) is 13.3. The number of benzene rings is 1. The van der Waals surface area contributed by atoms with Crippen molar-refractivity contribution in [2.45, 2.75) is 32.0 Å². The highest BCUT2D eigenvalue weighted by molar-refractivity contribution is 5.96. The molecule has 1 heterocycles. The molecular weight excluding hydrogens is 320 g/mol. The van der Waals surface area contributed by atoms with Crippen molar-refractivity contribution in [1.82, 2.24) is 0 Å². The average Bonchev–Trinajstić information content (AvgIpc) is 3.09. The first-order chi connectivity index (χ1) is 11.4. The van der Waals surface area contributed by atoms with E-state index in [-0.39, 0.29) is 17.1 Å². The summed E-state index contributed by atoms with van der Waals surface area (Å²) >= 11 is 0. The lowest BCUT2D eigenvalue weighted by atomic mass is 10.2. The molecule has 1 amide bonds. The van der Waals surface area contributed by atoms with Crippen molar-refractivity contribution >= 4 is 23.3 Å². The van der Waals surface area contributed by atoms with Gasteiger partial charge in [-0.25, -0.2) is 4.79 Å². The SMILES string of the molecule is COc1ccc([N+](=O)[O-])cc1NC(=O)[C@H](C)OC(=O)[C@@H]1CCCO1. The number of methoxy groups -OCH3 is 1. The van der Waals surface area contributed by atoms with Crippen LogP contribution in [0.15, 0.2) is 18.2 Å². The number of nitrogens with one attached hydrogen (secondary N) is 1. The minimum absolute atomic E-state index is 0.122. The Morgan fingerprint density at radius 1 is 1.46 bits per heavy atom. The fraction of sp³-hybridized carbons (Fsp3) is 0.467. The van der Waals surface area contributed by atoms with Gasteiger partial charge in [0, 0.05) is 18.7 Å². The number of carbonyl (C=O) groups is 2. The van der Waals surface area contributed by atoms with Crippen LogP contribution < -0.4 is 10.1 Å². The van der Waals surface area contributed by atoms with Gasteiger partial charge in [0.05, 0.1) is 17.7 Å². The lowest BCUT2D eigenvalue weighted by Crippen LogP contribution is -2.34. The van der Waals surface area contributed by atoms with Gasteiger partial charge in [0.25, 0.3) is 11.6 Å². The van der Waals surface area contributed by atoms with Crippen LogP contribution in [0.2, 0.25) is 0 Å². The molecular formula is C15H18N2O7. The van der Waals surface area contributed by atoms with Crippen LogP contribution >= 0.6 is 0 Å². The molecule has 2 rings (SSSR count). The Morgan fingerprint density at radius 2 is 2.21 bits per heavy atom. The molecule has 0 aliphatic carbocycles. The van der Waals surface area contributed by atoms with Crippen molar-refractivity contribution in [3.05, 3.63) is 28.3 Å². The molecule has 1 aromatic carbocycles. The van der Waals surface area contributed by atoms with E-state index >= 15 is 0 Å². The summed E-state index contributed by atoms with van der Waals surface area (Å²) in [5, 5.41) is 13.3. The maximum Gasteiger partial charge on any atom is 0.336 e. The minimum Gasteiger partial charge on any atom is -0.495 e. The van der Waals surface area contributed by atoms with Gasteiger partial charge in [-0.3, -0.25) is 14.9 Å². The number of hydrogen-bond donors (Lipinski definition) is 1. The average molecular weight is 338 g/mol. The molecule has 1 N–H and O–H groups in total. The van der Waals surface area contributed by atoms with E-state index in [9.17, 15) is 19.7 Å². The van der Waals surface area contributed by atoms with Gasteiger partial charge in [-0.2, -0.15) is 0 Å². The van der Waals surface area contributed by atoms with Crippen LogP contribution in [0.3, 0.4) is 0 Å². The minimum atomic E-state index is -1.08. The fourth-order valence-corrected chi connectivity index (χ4v) is 2.21. The van der Waals surface area contributed by atoms with Crippen LogP contribution in [0.4, 0.5) is 11.4 Å². The van der Waals surface area contributed by atoms with E-state index in [1.165, 1.54) is 32.2 Å². The second-order valence-electron chi connectivity index (χ2n) is 5.21. The zero-order chi connectivity index (χ0) is 17.7. The number of carbonyl (C=O) groups excluding carboxylic acids is 2. The number of hydrogen-bond acceptors (Lipinski definition) is 7. The van der Waals surface area contributed by atoms with Gasteiger partial charge in [0.15, 0.2) is 12.2 Å². The van der Waals surface area contributed by atoms with E-state index in [1.807, 2.05) is 0 Å². The summed E-state index contributed by atoms with van der Waals surface area (Å²) in [6.07, 6.45) is -0.393. The smallest absolute Gasteiger partial charge is 0.336 e. The van der Waals surface area contributed by atoms with Crippen LogP contribution in [0, 0.1) is 10.1 Å². The Labute approximate surface area is 138 Å². The molecule has 9 nitrogen and oxygen atoms in total. The van der Waals surface area contributed by atoms with Crippen LogP contribution in [0.25, 0.3) is 0 Å². The maximum absolute atomic E-state index is 12.2. The van der Waals surface area contributed by atoms with Gasteiger partial charge in [0.2, 0.25) is 0 Å². The third-order valence-corrected chi connectivity index (χ3v) is 3.51. The second kappa shape index (κ2) is 7.73. The summed E-state index contributed by atoms with van der Waals surface area (Å²) in [5.41, 5.74) is -0.0770. The summed E-state index contributed by atoms with van der Waals surface area (Å²) in [5.74, 6) is -0.965. The first-order valence-electron chi connectivity index (χ1n) is 7.37. The normalized spacial score (nSPS) is 17.8. The van der Waals surface area contributed by atoms with E-state index in [2.05, 4.69) is 5.32 Å². The molecule has 0 unspecified atom stereocenters. The quantitative estimate of drug-likeness (QED) is 0.476. The van der Waals surface area contributed by atoms with E-state index < -0.39 is 29.0 Å². The van der Waals surface area contributed by atoms with E-state index in [4.69, 9.17) is 14.2 Å². The van der Waals surface area contributed by atoms with E-state index in [0.29, 0.717) is 13.0 Å². The molecule has 0 aromatic heterocycles. The molecule has 1 fully saturated rings. The molecule has 0 bridgehead atoms. The Balaban J connectivity index is 2.03. The van der Waals surface area contributed by atoms with Crippen molar-refractivity contribution < 1.29 is 28.7 Å². The number of rotatable bonds is 6. The van der Waals surface area contributed by atoms with Gasteiger partial charge in [-0.05, 0) is 25.8 Å². The molecule has 1 aliphatic heterocycles. The highest BCUT2D eigenvalue weighted by Gasteiger charge is 2.28.